The first-order chi connectivity index (χ1) is 10.6. The van der Waals surface area contributed by atoms with Crippen molar-refractivity contribution in [1.82, 2.24) is 0 Å². The van der Waals surface area contributed by atoms with E-state index < -0.39 is 0 Å². The molecule has 3 rings (SSSR count). The van der Waals surface area contributed by atoms with Crippen molar-refractivity contribution >= 4 is 40.3 Å². The fraction of sp³-hybridized carbons (Fsp3) is 0.0625. The van der Waals surface area contributed by atoms with Crippen LogP contribution in [0.5, 0.6) is 0 Å². The molecule has 110 valence electrons. The van der Waals surface area contributed by atoms with Gasteiger partial charge >= 0.3 is 0 Å². The average Bonchev–Trinajstić information content (AvgIpc) is 3.15. The Bertz CT molecular complexity index is 849. The van der Waals surface area contributed by atoms with Crippen molar-refractivity contribution in [3.8, 4) is 9.75 Å². The molecule has 0 radical (unpaired) electrons. The predicted octanol–water partition coefficient (Wildman–Crippen LogP) is 5.44. The highest BCUT2D eigenvalue weighted by atomic mass is 32.1. The van der Waals surface area contributed by atoms with E-state index in [4.69, 9.17) is 0 Å². The molecule has 1 aromatic carbocycles. The molecule has 2 aromatic heterocycles. The van der Waals surface area contributed by atoms with Gasteiger partial charge in [-0.1, -0.05) is 18.2 Å². The topological polar surface area (TPSA) is 55.5 Å². The first-order valence-electron chi connectivity index (χ1n) is 6.57. The Morgan fingerprint density at radius 1 is 1.18 bits per heavy atom. The van der Waals surface area contributed by atoms with Gasteiger partial charge in [0.15, 0.2) is 0 Å². The number of para-hydroxylation sites is 1. The Morgan fingerprint density at radius 3 is 2.77 bits per heavy atom. The lowest BCUT2D eigenvalue weighted by molar-refractivity contribution is -0.383. The van der Waals surface area contributed by atoms with Crippen LogP contribution in [0.4, 0.5) is 11.4 Å². The molecule has 0 unspecified atom stereocenters. The van der Waals surface area contributed by atoms with Crippen LogP contribution in [-0.2, 0) is 0 Å². The van der Waals surface area contributed by atoms with E-state index in [1.807, 2.05) is 43.3 Å². The molecule has 0 aliphatic rings. The molecule has 2 heterocycles. The summed E-state index contributed by atoms with van der Waals surface area (Å²) < 4.78 is 0. The van der Waals surface area contributed by atoms with Crippen LogP contribution in [0.25, 0.3) is 9.75 Å². The van der Waals surface area contributed by atoms with Gasteiger partial charge in [-0.05, 0) is 36.1 Å². The van der Waals surface area contributed by atoms with Crippen LogP contribution in [-0.4, -0.2) is 11.1 Å². The van der Waals surface area contributed by atoms with E-state index in [9.17, 15) is 10.1 Å². The van der Waals surface area contributed by atoms with E-state index in [0.717, 1.165) is 21.0 Å². The maximum atomic E-state index is 11.0. The second kappa shape index (κ2) is 6.21. The van der Waals surface area contributed by atoms with E-state index in [1.54, 1.807) is 17.7 Å². The molecular formula is C16H12N2O2S2. The van der Waals surface area contributed by atoms with Crippen LogP contribution in [0.1, 0.15) is 10.4 Å². The van der Waals surface area contributed by atoms with Gasteiger partial charge in [0, 0.05) is 17.2 Å². The number of hydrogen-bond acceptors (Lipinski definition) is 5. The molecule has 0 saturated heterocycles. The first-order valence-corrected chi connectivity index (χ1v) is 8.26. The van der Waals surface area contributed by atoms with Crippen molar-refractivity contribution < 1.29 is 4.92 Å². The van der Waals surface area contributed by atoms with Gasteiger partial charge < -0.3 is 0 Å². The highest BCUT2D eigenvalue weighted by Crippen LogP contribution is 2.38. The highest BCUT2D eigenvalue weighted by molar-refractivity contribution is 7.22. The molecule has 22 heavy (non-hydrogen) atoms. The normalized spacial score (nSPS) is 11.1. The Hall–Kier alpha value is -2.31. The molecule has 6 heteroatoms. The summed E-state index contributed by atoms with van der Waals surface area (Å²) >= 11 is 2.89. The zero-order valence-electron chi connectivity index (χ0n) is 11.7. The Balaban J connectivity index is 1.87. The van der Waals surface area contributed by atoms with Gasteiger partial charge in [-0.2, -0.15) is 0 Å². The van der Waals surface area contributed by atoms with Crippen molar-refractivity contribution in [2.75, 3.05) is 0 Å². The quantitative estimate of drug-likeness (QED) is 0.363. The summed E-state index contributed by atoms with van der Waals surface area (Å²) in [6.07, 6.45) is 1.80. The second-order valence-electron chi connectivity index (χ2n) is 4.64. The van der Waals surface area contributed by atoms with Crippen LogP contribution >= 0.6 is 22.7 Å². The monoisotopic (exact) mass is 328 g/mol. The third-order valence-electron chi connectivity index (χ3n) is 3.14. The summed E-state index contributed by atoms with van der Waals surface area (Å²) in [6, 6.07) is 13.3. The van der Waals surface area contributed by atoms with Gasteiger partial charge in [-0.3, -0.25) is 15.1 Å². The Labute approximate surface area is 135 Å². The molecule has 0 aliphatic carbocycles. The fourth-order valence-corrected chi connectivity index (χ4v) is 3.89. The van der Waals surface area contributed by atoms with Gasteiger partial charge in [0.25, 0.3) is 5.69 Å². The lowest BCUT2D eigenvalue weighted by atomic mass is 10.2. The molecule has 0 saturated carbocycles. The van der Waals surface area contributed by atoms with Crippen LogP contribution in [0.2, 0.25) is 0 Å². The molecule has 0 amide bonds. The zero-order chi connectivity index (χ0) is 15.5. The van der Waals surface area contributed by atoms with E-state index in [-0.39, 0.29) is 10.6 Å². The SMILES string of the molecule is Cc1ccccc1N=Cc1ccc(-c2sccc2[N+](=O)[O-])s1. The zero-order valence-corrected chi connectivity index (χ0v) is 13.4. The predicted molar refractivity (Wildman–Crippen MR) is 92.7 cm³/mol. The minimum Gasteiger partial charge on any atom is -0.258 e. The molecule has 0 bridgehead atoms. The standard InChI is InChI=1S/C16H12N2O2S2/c1-11-4-2-3-5-13(11)17-10-12-6-7-15(22-12)16-14(18(19)20)8-9-21-16/h2-10H,1H3. The van der Waals surface area contributed by atoms with Crippen LogP contribution in [0.15, 0.2) is 52.8 Å². The number of aryl methyl sites for hydroxylation is 1. The maximum Gasteiger partial charge on any atom is 0.288 e. The summed E-state index contributed by atoms with van der Waals surface area (Å²) in [5.74, 6) is 0. The summed E-state index contributed by atoms with van der Waals surface area (Å²) in [7, 11) is 0. The molecule has 0 N–H and O–H groups in total. The minimum atomic E-state index is -0.341. The number of aliphatic imine (C=N–C) groups is 1. The van der Waals surface area contributed by atoms with Gasteiger partial charge in [0.1, 0.15) is 4.88 Å². The van der Waals surface area contributed by atoms with Gasteiger partial charge in [-0.25, -0.2) is 0 Å². The maximum absolute atomic E-state index is 11.0. The minimum absolute atomic E-state index is 0.161. The van der Waals surface area contributed by atoms with Gasteiger partial charge in [0.2, 0.25) is 0 Å². The number of benzene rings is 1. The number of thiophene rings is 2. The van der Waals surface area contributed by atoms with Crippen molar-refractivity contribution in [2.45, 2.75) is 6.92 Å². The summed E-state index contributed by atoms with van der Waals surface area (Å²) in [5, 5.41) is 12.7. The molecular weight excluding hydrogens is 316 g/mol. The average molecular weight is 328 g/mol. The Morgan fingerprint density at radius 2 is 2.00 bits per heavy atom. The lowest BCUT2D eigenvalue weighted by Gasteiger charge is -1.96. The summed E-state index contributed by atoms with van der Waals surface area (Å²) in [4.78, 5) is 17.7. The number of rotatable bonds is 4. The number of hydrogen-bond donors (Lipinski definition) is 0. The molecule has 0 atom stereocenters. The van der Waals surface area contributed by atoms with Gasteiger partial charge in [0.05, 0.1) is 15.5 Å². The summed E-state index contributed by atoms with van der Waals surface area (Å²) in [5.41, 5.74) is 2.21. The van der Waals surface area contributed by atoms with E-state index in [0.29, 0.717) is 4.88 Å². The molecule has 3 aromatic rings. The van der Waals surface area contributed by atoms with Crippen LogP contribution < -0.4 is 0 Å². The van der Waals surface area contributed by atoms with Crippen LogP contribution in [0.3, 0.4) is 0 Å². The second-order valence-corrected chi connectivity index (χ2v) is 6.67. The van der Waals surface area contributed by atoms with E-state index >= 15 is 0 Å². The third kappa shape index (κ3) is 2.98. The lowest BCUT2D eigenvalue weighted by Crippen LogP contribution is -1.85. The largest absolute Gasteiger partial charge is 0.288 e. The third-order valence-corrected chi connectivity index (χ3v) is 5.24. The molecule has 0 aliphatic heterocycles. The fourth-order valence-electron chi connectivity index (χ4n) is 2.02. The van der Waals surface area contributed by atoms with Crippen LogP contribution in [0, 0.1) is 17.0 Å². The number of nitro groups is 1. The van der Waals surface area contributed by atoms with Crippen molar-refractivity contribution in [1.29, 1.82) is 0 Å². The first kappa shape index (κ1) is 14.6. The smallest absolute Gasteiger partial charge is 0.258 e. The molecule has 4 nitrogen and oxygen atoms in total. The van der Waals surface area contributed by atoms with Crippen molar-refractivity contribution in [3.63, 3.8) is 0 Å². The number of nitrogens with zero attached hydrogens (tertiary/aromatic N) is 2. The van der Waals surface area contributed by atoms with E-state index in [2.05, 4.69) is 4.99 Å². The van der Waals surface area contributed by atoms with Gasteiger partial charge in [-0.15, -0.1) is 22.7 Å². The Kier molecular flexibility index (Phi) is 4.13. The molecule has 0 spiro atoms. The summed E-state index contributed by atoms with van der Waals surface area (Å²) in [6.45, 7) is 2.02. The van der Waals surface area contributed by atoms with Crippen molar-refractivity contribution in [2.24, 2.45) is 4.99 Å². The molecule has 0 fully saturated rings. The van der Waals surface area contributed by atoms with E-state index in [1.165, 1.54) is 22.7 Å². The highest BCUT2D eigenvalue weighted by Gasteiger charge is 2.17. The van der Waals surface area contributed by atoms with Crippen molar-refractivity contribution in [3.05, 3.63) is 68.4 Å².